The zero-order chi connectivity index (χ0) is 20.3. The normalized spacial score (nSPS) is 11.2. The van der Waals surface area contributed by atoms with Gasteiger partial charge >= 0.3 is 6.61 Å². The van der Waals surface area contributed by atoms with E-state index >= 15 is 0 Å². The number of benzene rings is 1. The third-order valence-electron chi connectivity index (χ3n) is 3.98. The molecule has 0 atom stereocenters. The molecule has 0 fully saturated rings. The first-order chi connectivity index (χ1) is 13.3. The third-order valence-corrected chi connectivity index (χ3v) is 4.90. The molecule has 148 valence electrons. The molecule has 2 aromatic heterocycles. The van der Waals surface area contributed by atoms with Gasteiger partial charge in [0.05, 0.1) is 5.75 Å². The first-order valence-electron chi connectivity index (χ1n) is 8.43. The van der Waals surface area contributed by atoms with Crippen LogP contribution in [-0.2, 0) is 11.3 Å². The molecule has 2 heterocycles. The van der Waals surface area contributed by atoms with Gasteiger partial charge in [-0.15, -0.1) is 10.2 Å². The van der Waals surface area contributed by atoms with Crippen LogP contribution < -0.4 is 4.74 Å². The van der Waals surface area contributed by atoms with Gasteiger partial charge in [0, 0.05) is 25.0 Å². The van der Waals surface area contributed by atoms with Crippen molar-refractivity contribution in [1.82, 2.24) is 24.5 Å². The molecule has 0 aliphatic heterocycles. The van der Waals surface area contributed by atoms with Crippen molar-refractivity contribution in [3.63, 3.8) is 0 Å². The Bertz CT molecular complexity index is 978. The van der Waals surface area contributed by atoms with E-state index in [0.717, 1.165) is 17.0 Å². The zero-order valence-corrected chi connectivity index (χ0v) is 16.4. The van der Waals surface area contributed by atoms with Crippen molar-refractivity contribution in [2.24, 2.45) is 0 Å². The van der Waals surface area contributed by atoms with Crippen LogP contribution in [0.5, 0.6) is 5.75 Å². The number of ether oxygens (including phenoxy) is 1. The monoisotopic (exact) mass is 407 g/mol. The SMILES string of the molecule is Cc1cc(C)n2c(SCC(=O)N(C)Cc3ccc(OC(F)F)cc3)nnc2n1. The quantitative estimate of drug-likeness (QED) is 0.561. The summed E-state index contributed by atoms with van der Waals surface area (Å²) in [4.78, 5) is 18.3. The highest BCUT2D eigenvalue weighted by Crippen LogP contribution is 2.20. The molecule has 0 saturated carbocycles. The molecule has 0 aliphatic carbocycles. The number of halogens is 2. The minimum absolute atomic E-state index is 0.0844. The molecule has 3 aromatic rings. The van der Waals surface area contributed by atoms with Gasteiger partial charge in [-0.25, -0.2) is 4.98 Å². The lowest BCUT2D eigenvalue weighted by atomic mass is 10.2. The lowest BCUT2D eigenvalue weighted by molar-refractivity contribution is -0.127. The molecule has 0 spiro atoms. The van der Waals surface area contributed by atoms with Crippen molar-refractivity contribution < 1.29 is 18.3 Å². The second kappa shape index (κ2) is 8.51. The first-order valence-corrected chi connectivity index (χ1v) is 9.42. The van der Waals surface area contributed by atoms with E-state index in [4.69, 9.17) is 0 Å². The van der Waals surface area contributed by atoms with Gasteiger partial charge in [0.25, 0.3) is 5.78 Å². The minimum atomic E-state index is -2.86. The smallest absolute Gasteiger partial charge is 0.387 e. The summed E-state index contributed by atoms with van der Waals surface area (Å²) in [5.74, 6) is 0.692. The number of amides is 1. The predicted octanol–water partition coefficient (Wildman–Crippen LogP) is 3.09. The van der Waals surface area contributed by atoms with E-state index < -0.39 is 6.61 Å². The van der Waals surface area contributed by atoms with Crippen LogP contribution in [0.15, 0.2) is 35.5 Å². The van der Waals surface area contributed by atoms with Crippen LogP contribution in [0.4, 0.5) is 8.78 Å². The number of hydrogen-bond donors (Lipinski definition) is 0. The zero-order valence-electron chi connectivity index (χ0n) is 15.6. The van der Waals surface area contributed by atoms with E-state index in [1.807, 2.05) is 24.3 Å². The maximum atomic E-state index is 12.4. The van der Waals surface area contributed by atoms with Crippen LogP contribution in [0.25, 0.3) is 5.78 Å². The number of hydrogen-bond acceptors (Lipinski definition) is 6. The predicted molar refractivity (Wildman–Crippen MR) is 101 cm³/mol. The topological polar surface area (TPSA) is 72.6 Å². The number of thioether (sulfide) groups is 1. The highest BCUT2D eigenvalue weighted by molar-refractivity contribution is 7.99. The van der Waals surface area contributed by atoms with E-state index in [-0.39, 0.29) is 17.4 Å². The Kier molecular flexibility index (Phi) is 6.08. The summed E-state index contributed by atoms with van der Waals surface area (Å²) in [5.41, 5.74) is 2.61. The van der Waals surface area contributed by atoms with Crippen molar-refractivity contribution in [3.05, 3.63) is 47.3 Å². The molecule has 3 rings (SSSR count). The number of carbonyl (C=O) groups is 1. The fourth-order valence-corrected chi connectivity index (χ4v) is 3.59. The summed E-state index contributed by atoms with van der Waals surface area (Å²) in [5, 5.41) is 8.77. The highest BCUT2D eigenvalue weighted by Gasteiger charge is 2.15. The lowest BCUT2D eigenvalue weighted by Crippen LogP contribution is -2.27. The van der Waals surface area contributed by atoms with Gasteiger partial charge in [-0.2, -0.15) is 8.78 Å². The van der Waals surface area contributed by atoms with Gasteiger partial charge in [-0.05, 0) is 37.6 Å². The standard InChI is InChI=1S/C18H19F2N5O2S/c1-11-8-12(2)25-17(21-11)22-23-18(25)28-10-15(26)24(3)9-13-4-6-14(7-5-13)27-16(19)20/h4-8,16H,9-10H2,1-3H3. The summed E-state index contributed by atoms with van der Waals surface area (Å²) in [6.45, 7) is 1.32. The summed E-state index contributed by atoms with van der Waals surface area (Å²) in [6.07, 6.45) is 0. The summed E-state index contributed by atoms with van der Waals surface area (Å²) >= 11 is 1.29. The Morgan fingerprint density at radius 1 is 1.25 bits per heavy atom. The van der Waals surface area contributed by atoms with Crippen LogP contribution in [0.1, 0.15) is 17.0 Å². The van der Waals surface area contributed by atoms with Gasteiger partial charge in [-0.1, -0.05) is 23.9 Å². The Labute approximate surface area is 164 Å². The van der Waals surface area contributed by atoms with Crippen molar-refractivity contribution in [2.75, 3.05) is 12.8 Å². The lowest BCUT2D eigenvalue weighted by Gasteiger charge is -2.17. The van der Waals surface area contributed by atoms with Gasteiger partial charge in [0.1, 0.15) is 5.75 Å². The average Bonchev–Trinajstić information content (AvgIpc) is 3.04. The Morgan fingerprint density at radius 2 is 1.96 bits per heavy atom. The van der Waals surface area contributed by atoms with Crippen LogP contribution in [-0.4, -0.2) is 49.8 Å². The molecule has 28 heavy (non-hydrogen) atoms. The van der Waals surface area contributed by atoms with E-state index in [1.165, 1.54) is 23.9 Å². The number of alkyl halides is 2. The maximum Gasteiger partial charge on any atom is 0.387 e. The van der Waals surface area contributed by atoms with Crippen LogP contribution in [0.3, 0.4) is 0 Å². The van der Waals surface area contributed by atoms with Crippen LogP contribution in [0.2, 0.25) is 0 Å². The molecular weight excluding hydrogens is 388 g/mol. The van der Waals surface area contributed by atoms with E-state index in [2.05, 4.69) is 19.9 Å². The molecule has 1 aromatic carbocycles. The fraction of sp³-hybridized carbons (Fsp3) is 0.333. The Morgan fingerprint density at radius 3 is 2.64 bits per heavy atom. The minimum Gasteiger partial charge on any atom is -0.435 e. The fourth-order valence-electron chi connectivity index (χ4n) is 2.67. The largest absolute Gasteiger partial charge is 0.435 e. The third kappa shape index (κ3) is 4.75. The Hall–Kier alpha value is -2.75. The molecule has 10 heteroatoms. The van der Waals surface area contributed by atoms with E-state index in [0.29, 0.717) is 17.5 Å². The molecule has 0 radical (unpaired) electrons. The second-order valence-corrected chi connectivity index (χ2v) is 7.16. The van der Waals surface area contributed by atoms with Gasteiger partial charge in [0.2, 0.25) is 5.91 Å². The number of aryl methyl sites for hydroxylation is 2. The van der Waals surface area contributed by atoms with Crippen molar-refractivity contribution >= 4 is 23.4 Å². The highest BCUT2D eigenvalue weighted by atomic mass is 32.2. The van der Waals surface area contributed by atoms with Crippen molar-refractivity contribution in [1.29, 1.82) is 0 Å². The van der Waals surface area contributed by atoms with Gasteiger partial charge in [-0.3, -0.25) is 9.20 Å². The van der Waals surface area contributed by atoms with Crippen LogP contribution in [0, 0.1) is 13.8 Å². The number of fused-ring (bicyclic) bond motifs is 1. The van der Waals surface area contributed by atoms with E-state index in [9.17, 15) is 13.6 Å². The van der Waals surface area contributed by atoms with Crippen molar-refractivity contribution in [3.8, 4) is 5.75 Å². The second-order valence-electron chi connectivity index (χ2n) is 6.22. The number of carbonyl (C=O) groups excluding carboxylic acids is 1. The molecule has 0 saturated heterocycles. The number of rotatable bonds is 7. The average molecular weight is 407 g/mol. The van der Waals surface area contributed by atoms with Crippen LogP contribution >= 0.6 is 11.8 Å². The number of nitrogens with zero attached hydrogens (tertiary/aromatic N) is 5. The Balaban J connectivity index is 1.59. The van der Waals surface area contributed by atoms with E-state index in [1.54, 1.807) is 24.1 Å². The first kappa shape index (κ1) is 20.0. The van der Waals surface area contributed by atoms with Gasteiger partial charge < -0.3 is 9.64 Å². The molecular formula is C18H19F2N5O2S. The summed E-state index contributed by atoms with van der Waals surface area (Å²) in [6, 6.07) is 8.13. The maximum absolute atomic E-state index is 12.4. The number of aromatic nitrogens is 4. The molecule has 0 N–H and O–H groups in total. The molecule has 0 unspecified atom stereocenters. The van der Waals surface area contributed by atoms with Crippen molar-refractivity contribution in [2.45, 2.75) is 32.2 Å². The summed E-state index contributed by atoms with van der Waals surface area (Å²) in [7, 11) is 1.69. The van der Waals surface area contributed by atoms with Gasteiger partial charge in [0.15, 0.2) is 5.16 Å². The molecule has 0 bridgehead atoms. The molecule has 0 aliphatic rings. The molecule has 1 amide bonds. The molecule has 7 nitrogen and oxygen atoms in total. The summed E-state index contributed by atoms with van der Waals surface area (Å²) < 4.78 is 30.5.